The van der Waals surface area contributed by atoms with Crippen LogP contribution >= 0.6 is 0 Å². The first kappa shape index (κ1) is 113. The normalized spacial score (nSPS) is 11.5. The Bertz CT molecular complexity index is 6600. The third-order valence-corrected chi connectivity index (χ3v) is 19.7. The van der Waals surface area contributed by atoms with Gasteiger partial charge in [0.1, 0.15) is 52.2 Å². The van der Waals surface area contributed by atoms with Gasteiger partial charge in [0.15, 0.2) is 81.1 Å². The van der Waals surface area contributed by atoms with Gasteiger partial charge in [0.05, 0.1) is 38.9 Å². The SMILES string of the molecule is Cc1cc(F)c(OC(F)(F)c2cc(F)c(C)c(F)c2)c(F)c1.Cc1cc(F)c(OC(F)(F)c2ccc(C)c(F)c2)c(F)c1.Cc1ccc(C(F)(F)Oc2c(F)cc(C)cc2F)c(F)c1.Cc1ccc(C(F)(F)Oc2c(F)cc(C)cc2F)cc1.Cc1ccc(C(F)(F)Oc2cc(F)c(C)c(F)c2)c(F)c1.Cc1ccc(C(F)(F)Oc2ccc(C)cc2F)cc1.Cc1ccc(OC(F)(F)c2ccc(C)cc2)cc1. The van der Waals surface area contributed by atoms with Gasteiger partial charge in [-0.15, -0.1) is 0 Å². The zero-order chi connectivity index (χ0) is 106. The average molecular weight is 2030 g/mol. The topological polar surface area (TPSA) is 64.6 Å². The lowest BCUT2D eigenvalue weighted by Gasteiger charge is -2.20. The van der Waals surface area contributed by atoms with E-state index in [4.69, 9.17) is 4.74 Å². The van der Waals surface area contributed by atoms with Crippen molar-refractivity contribution >= 4 is 0 Å². The maximum atomic E-state index is 13.9. The predicted octanol–water partition coefficient (Wildman–Crippen LogP) is 33.2. The lowest BCUT2D eigenvalue weighted by atomic mass is 10.1. The van der Waals surface area contributed by atoms with E-state index in [1.807, 2.05) is 13.8 Å². The molecule has 37 heteroatoms. The second kappa shape index (κ2) is 46.8. The van der Waals surface area contributed by atoms with E-state index in [2.05, 4.69) is 28.4 Å². The number of hydrogen-bond donors (Lipinski definition) is 0. The summed E-state index contributed by atoms with van der Waals surface area (Å²) < 4.78 is 440. The van der Waals surface area contributed by atoms with Gasteiger partial charge in [0.2, 0.25) is 0 Å². The number of rotatable bonds is 21. The maximum absolute atomic E-state index is 13.9. The maximum Gasteiger partial charge on any atom is 0.429 e. The summed E-state index contributed by atoms with van der Waals surface area (Å²) in [6.07, 6.45) is -27.3. The molecule has 0 aliphatic heterocycles. The minimum Gasteiger partial charge on any atom is -0.429 e. The van der Waals surface area contributed by atoms with E-state index in [-0.39, 0.29) is 50.3 Å². The number of ether oxygens (including phenoxy) is 7. The molecule has 0 N–H and O–H groups in total. The third-order valence-electron chi connectivity index (χ3n) is 19.7. The Hall–Kier alpha value is -14.4. The Balaban J connectivity index is 0.000000203. The fourth-order valence-electron chi connectivity index (χ4n) is 12.0. The quantitative estimate of drug-likeness (QED) is 0.0664. The molecule has 0 aliphatic carbocycles. The van der Waals surface area contributed by atoms with Gasteiger partial charge in [0.25, 0.3) is 0 Å². The fourth-order valence-corrected chi connectivity index (χ4v) is 12.0. The van der Waals surface area contributed by atoms with Gasteiger partial charge < -0.3 is 33.2 Å². The Morgan fingerprint density at radius 3 is 0.690 bits per heavy atom. The summed E-state index contributed by atoms with van der Waals surface area (Å²) in [5.41, 5.74) is 0.371. The molecule has 0 saturated heterocycles. The molecule has 0 aromatic heterocycles. The van der Waals surface area contributed by atoms with Gasteiger partial charge in [0, 0.05) is 23.3 Å². The Labute approximate surface area is 794 Å². The van der Waals surface area contributed by atoms with Crippen LogP contribution in [0.15, 0.2) is 243 Å². The monoisotopic (exact) mass is 2020 g/mol. The van der Waals surface area contributed by atoms with Crippen LogP contribution in [0.4, 0.5) is 132 Å². The molecule has 0 heterocycles. The van der Waals surface area contributed by atoms with Gasteiger partial charge in [-0.3, -0.25) is 0 Å². The molecule has 0 fully saturated rings. The van der Waals surface area contributed by atoms with Crippen molar-refractivity contribution in [3.8, 4) is 40.2 Å². The first-order valence-corrected chi connectivity index (χ1v) is 41.4. The second-order valence-corrected chi connectivity index (χ2v) is 31.9. The van der Waals surface area contributed by atoms with Crippen molar-refractivity contribution < 1.29 is 165 Å². The number of hydrogen-bond acceptors (Lipinski definition) is 7. The Morgan fingerprint density at radius 1 is 0.155 bits per heavy atom. The van der Waals surface area contributed by atoms with Crippen LogP contribution in [0.3, 0.4) is 0 Å². The van der Waals surface area contributed by atoms with Crippen LogP contribution in [0, 0.1) is 190 Å². The van der Waals surface area contributed by atoms with Crippen LogP contribution in [-0.4, -0.2) is 0 Å². The molecule has 14 aromatic rings. The fraction of sp³-hybridized carbons (Fsp3) is 0.200. The molecule has 754 valence electrons. The minimum absolute atomic E-state index is 0.145. The molecular weight excluding hydrogens is 1940 g/mol. The van der Waals surface area contributed by atoms with Crippen molar-refractivity contribution in [2.75, 3.05) is 0 Å². The van der Waals surface area contributed by atoms with Gasteiger partial charge in [-0.25, -0.2) is 70.2 Å². The zero-order valence-corrected chi connectivity index (χ0v) is 76.8. The molecule has 7 nitrogen and oxygen atoms in total. The largest absolute Gasteiger partial charge is 0.429 e. The van der Waals surface area contributed by atoms with Crippen molar-refractivity contribution in [3.05, 3.63) is 453 Å². The van der Waals surface area contributed by atoms with Crippen LogP contribution in [-0.2, 0) is 42.8 Å². The number of halogens is 30. The molecule has 14 rings (SSSR count). The van der Waals surface area contributed by atoms with Crippen LogP contribution in [0.1, 0.15) is 117 Å². The highest BCUT2D eigenvalue weighted by Crippen LogP contribution is 2.44. The highest BCUT2D eigenvalue weighted by atomic mass is 19.3. The summed E-state index contributed by atoms with van der Waals surface area (Å²) in [5.74, 6) is -24.5. The molecule has 0 unspecified atom stereocenters. The number of alkyl halides is 14. The number of benzene rings is 14. The van der Waals surface area contributed by atoms with Gasteiger partial charge in [-0.1, -0.05) is 95.1 Å². The summed E-state index contributed by atoms with van der Waals surface area (Å²) in [6, 6.07) is 44.8. The van der Waals surface area contributed by atoms with Crippen LogP contribution in [0.5, 0.6) is 40.2 Å². The van der Waals surface area contributed by atoms with Gasteiger partial charge >= 0.3 is 42.8 Å². The molecule has 0 aliphatic rings. The van der Waals surface area contributed by atoms with Crippen molar-refractivity contribution in [2.45, 2.75) is 140 Å². The lowest BCUT2D eigenvalue weighted by molar-refractivity contribution is -0.190. The van der Waals surface area contributed by atoms with Gasteiger partial charge in [-0.05, 0) is 299 Å². The highest BCUT2D eigenvalue weighted by molar-refractivity contribution is 5.41. The molecular formula is C105H82F30O7. The summed E-state index contributed by atoms with van der Waals surface area (Å²) in [5, 5.41) is 0. The van der Waals surface area contributed by atoms with Crippen LogP contribution < -0.4 is 33.2 Å². The molecule has 0 spiro atoms. The molecule has 142 heavy (non-hydrogen) atoms. The second-order valence-electron chi connectivity index (χ2n) is 31.9. The molecule has 0 amide bonds. The molecule has 14 aromatic carbocycles. The Morgan fingerprint density at radius 2 is 0.380 bits per heavy atom. The van der Waals surface area contributed by atoms with E-state index in [0.29, 0.717) is 47.0 Å². The lowest BCUT2D eigenvalue weighted by Crippen LogP contribution is -2.24. The van der Waals surface area contributed by atoms with Crippen molar-refractivity contribution in [1.29, 1.82) is 0 Å². The summed E-state index contributed by atoms with van der Waals surface area (Å²) in [7, 11) is 0. The minimum atomic E-state index is -4.31. The molecule has 0 saturated carbocycles. The van der Waals surface area contributed by atoms with Crippen LogP contribution in [0.25, 0.3) is 0 Å². The summed E-state index contributed by atoms with van der Waals surface area (Å²) in [6.45, 7) is 21.2. The molecule has 0 radical (unpaired) electrons. The molecule has 0 bridgehead atoms. The zero-order valence-electron chi connectivity index (χ0n) is 76.8. The standard InChI is InChI=1S/C15H10F6O.3C15H11F5O.C15H12F4O.C15H13F3O.C15H14F2O/c1-7-3-12(18)14(13(19)4-7)22-15(20,21)9-5-10(16)8(2)11(17)6-9;1-8-5-12(17)14(13(18)6-8)21-15(19,20)10-4-3-9(2)11(16)7-10;1-8-3-4-11(14(18)5-8)15(19,20)21-10-6-12(16)9(2)13(17)7-10;1-8-3-4-10(11(16)5-8)15(19,20)21-14-12(17)6-9(2)7-13(14)18;1-9-3-5-11(6-4-9)15(18,19)20-14-12(16)7-10(2)8-13(14)17;1-10-3-6-12(7-4-10)15(17,18)19-14-8-5-11(2)9-13(14)16;1-11-3-7-13(8-4-11)15(16,17)18-14-9-5-12(2)6-10-14/h3-6H,1-2H3;3*3-7H,1-2H3;3-8H,1-2H3;3-9H,1-2H3;3-10H,1-2H3. The van der Waals surface area contributed by atoms with E-state index < -0.39 is 204 Å². The van der Waals surface area contributed by atoms with E-state index in [9.17, 15) is 132 Å². The first-order chi connectivity index (χ1) is 65.9. The third kappa shape index (κ3) is 31.0. The van der Waals surface area contributed by atoms with Crippen molar-refractivity contribution in [1.82, 2.24) is 0 Å². The smallest absolute Gasteiger partial charge is 0.429 e. The summed E-state index contributed by atoms with van der Waals surface area (Å²) in [4.78, 5) is 0. The van der Waals surface area contributed by atoms with Crippen molar-refractivity contribution in [2.24, 2.45) is 0 Å². The van der Waals surface area contributed by atoms with Gasteiger partial charge in [-0.2, -0.15) is 61.5 Å². The van der Waals surface area contributed by atoms with E-state index in [1.165, 1.54) is 121 Å². The van der Waals surface area contributed by atoms with E-state index >= 15 is 0 Å². The number of aryl methyl sites for hydroxylation is 12. The van der Waals surface area contributed by atoms with E-state index in [0.717, 1.165) is 139 Å². The average Bonchev–Trinajstić information content (AvgIpc) is 0.800. The first-order valence-electron chi connectivity index (χ1n) is 41.4. The Kier molecular flexibility index (Phi) is 37.2. The predicted molar refractivity (Wildman–Crippen MR) is 467 cm³/mol. The summed E-state index contributed by atoms with van der Waals surface area (Å²) >= 11 is 0. The molecule has 0 atom stereocenters. The van der Waals surface area contributed by atoms with E-state index in [1.54, 1.807) is 57.2 Å². The van der Waals surface area contributed by atoms with Crippen LogP contribution in [0.2, 0.25) is 0 Å². The highest BCUT2D eigenvalue weighted by Gasteiger charge is 2.44. The van der Waals surface area contributed by atoms with Crippen molar-refractivity contribution in [3.63, 3.8) is 0 Å².